The van der Waals surface area contributed by atoms with Crippen molar-refractivity contribution in [3.63, 3.8) is 0 Å². The van der Waals surface area contributed by atoms with Gasteiger partial charge in [0.25, 0.3) is 0 Å². The second-order valence-corrected chi connectivity index (χ2v) is 6.19. The number of sulfonamides is 1. The molecule has 0 amide bonds. The summed E-state index contributed by atoms with van der Waals surface area (Å²) in [4.78, 5) is -0.0416. The molecule has 0 bridgehead atoms. The van der Waals surface area contributed by atoms with Gasteiger partial charge in [-0.3, -0.25) is 0 Å². The van der Waals surface area contributed by atoms with E-state index < -0.39 is 21.9 Å². The molecular weight excluding hydrogens is 291 g/mol. The fourth-order valence-corrected chi connectivity index (χ4v) is 3.30. The highest BCUT2D eigenvalue weighted by molar-refractivity contribution is 7.89. The van der Waals surface area contributed by atoms with Crippen molar-refractivity contribution in [2.45, 2.75) is 17.9 Å². The second-order valence-electron chi connectivity index (χ2n) is 4.50. The molecule has 0 aromatic heterocycles. The smallest absolute Gasteiger partial charge is 0.207 e. The maximum atomic E-state index is 13.1. The van der Waals surface area contributed by atoms with Crippen molar-refractivity contribution in [2.24, 2.45) is 0 Å². The first kappa shape index (κ1) is 15.2. The number of benzene rings is 2. The molecule has 2 aromatic carbocycles. The predicted molar refractivity (Wildman–Crippen MR) is 76.3 cm³/mol. The van der Waals surface area contributed by atoms with E-state index in [-0.39, 0.29) is 10.5 Å². The maximum absolute atomic E-state index is 13.1. The average Bonchev–Trinajstić information content (AvgIpc) is 2.45. The number of nitrogens with one attached hydrogen (secondary N) is 1. The van der Waals surface area contributed by atoms with Crippen LogP contribution in [0.4, 0.5) is 4.39 Å². The molecule has 0 saturated heterocycles. The summed E-state index contributed by atoms with van der Waals surface area (Å²) in [5, 5.41) is 9.17. The first-order valence-corrected chi connectivity index (χ1v) is 7.65. The highest BCUT2D eigenvalue weighted by atomic mass is 32.2. The van der Waals surface area contributed by atoms with Crippen LogP contribution in [0.3, 0.4) is 0 Å². The van der Waals surface area contributed by atoms with Gasteiger partial charge in [-0.05, 0) is 36.2 Å². The molecule has 0 aliphatic heterocycles. The van der Waals surface area contributed by atoms with Crippen LogP contribution in [-0.4, -0.2) is 8.42 Å². The van der Waals surface area contributed by atoms with Crippen molar-refractivity contribution in [3.05, 3.63) is 65.5 Å². The van der Waals surface area contributed by atoms with Crippen LogP contribution < -0.4 is 4.72 Å². The molecule has 0 spiro atoms. The van der Waals surface area contributed by atoms with Gasteiger partial charge in [-0.15, -0.1) is 0 Å². The Morgan fingerprint density at radius 1 is 1.19 bits per heavy atom. The zero-order valence-electron chi connectivity index (χ0n) is 11.2. The maximum Gasteiger partial charge on any atom is 0.242 e. The van der Waals surface area contributed by atoms with Gasteiger partial charge in [-0.25, -0.2) is 12.8 Å². The zero-order chi connectivity index (χ0) is 15.5. The molecule has 108 valence electrons. The van der Waals surface area contributed by atoms with Crippen LogP contribution in [0, 0.1) is 24.1 Å². The SMILES string of the molecule is Cc1cc(F)ccc1S(=O)(=O)NC(C#N)c1ccccc1. The first-order chi connectivity index (χ1) is 9.94. The summed E-state index contributed by atoms with van der Waals surface area (Å²) < 4.78 is 40.0. The molecule has 0 heterocycles. The van der Waals surface area contributed by atoms with Crippen LogP contribution in [0.1, 0.15) is 17.2 Å². The molecular formula is C15H13FN2O2S. The van der Waals surface area contributed by atoms with E-state index in [0.29, 0.717) is 5.56 Å². The molecule has 0 saturated carbocycles. The third kappa shape index (κ3) is 3.45. The Hall–Kier alpha value is -2.23. The van der Waals surface area contributed by atoms with Gasteiger partial charge in [0.2, 0.25) is 10.0 Å². The topological polar surface area (TPSA) is 70.0 Å². The zero-order valence-corrected chi connectivity index (χ0v) is 12.1. The Bertz CT molecular complexity index is 783. The number of hydrogen-bond acceptors (Lipinski definition) is 3. The molecule has 1 unspecified atom stereocenters. The predicted octanol–water partition coefficient (Wildman–Crippen LogP) is 2.68. The number of rotatable bonds is 4. The van der Waals surface area contributed by atoms with Gasteiger partial charge in [0.05, 0.1) is 11.0 Å². The van der Waals surface area contributed by atoms with E-state index in [1.165, 1.54) is 13.0 Å². The average molecular weight is 304 g/mol. The lowest BCUT2D eigenvalue weighted by Gasteiger charge is -2.14. The lowest BCUT2D eigenvalue weighted by atomic mass is 10.1. The van der Waals surface area contributed by atoms with Crippen LogP contribution in [0.5, 0.6) is 0 Å². The van der Waals surface area contributed by atoms with E-state index in [1.807, 2.05) is 6.07 Å². The molecule has 6 heteroatoms. The first-order valence-electron chi connectivity index (χ1n) is 6.17. The Labute approximate surface area is 122 Å². The number of halogens is 1. The highest BCUT2D eigenvalue weighted by Gasteiger charge is 2.22. The lowest BCUT2D eigenvalue weighted by molar-refractivity contribution is 0.573. The Morgan fingerprint density at radius 3 is 2.43 bits per heavy atom. The van der Waals surface area contributed by atoms with Crippen molar-refractivity contribution in [1.82, 2.24) is 4.72 Å². The minimum Gasteiger partial charge on any atom is -0.207 e. The Kier molecular flexibility index (Phi) is 4.36. The third-order valence-corrected chi connectivity index (χ3v) is 4.54. The Balaban J connectivity index is 2.35. The molecule has 0 aliphatic carbocycles. The van der Waals surface area contributed by atoms with E-state index in [0.717, 1.165) is 12.1 Å². The summed E-state index contributed by atoms with van der Waals surface area (Å²) in [5.74, 6) is -0.508. The van der Waals surface area contributed by atoms with Crippen molar-refractivity contribution in [1.29, 1.82) is 5.26 Å². The molecule has 21 heavy (non-hydrogen) atoms. The minimum absolute atomic E-state index is 0.0416. The number of aryl methyl sites for hydroxylation is 1. The molecule has 0 radical (unpaired) electrons. The van der Waals surface area contributed by atoms with E-state index in [4.69, 9.17) is 5.26 Å². The molecule has 1 atom stereocenters. The fraction of sp³-hybridized carbons (Fsp3) is 0.133. The van der Waals surface area contributed by atoms with E-state index in [9.17, 15) is 12.8 Å². The van der Waals surface area contributed by atoms with Gasteiger partial charge in [-0.2, -0.15) is 9.98 Å². The van der Waals surface area contributed by atoms with Crippen molar-refractivity contribution >= 4 is 10.0 Å². The largest absolute Gasteiger partial charge is 0.242 e. The van der Waals surface area contributed by atoms with Crippen molar-refractivity contribution in [2.75, 3.05) is 0 Å². The van der Waals surface area contributed by atoms with E-state index >= 15 is 0 Å². The van der Waals surface area contributed by atoms with Crippen molar-refractivity contribution < 1.29 is 12.8 Å². The van der Waals surface area contributed by atoms with Gasteiger partial charge < -0.3 is 0 Å². The molecule has 1 N–H and O–H groups in total. The molecule has 2 aromatic rings. The van der Waals surface area contributed by atoms with Crippen LogP contribution in [0.25, 0.3) is 0 Å². The molecule has 0 aliphatic rings. The molecule has 0 fully saturated rings. The van der Waals surface area contributed by atoms with Gasteiger partial charge in [0, 0.05) is 0 Å². The second kappa shape index (κ2) is 6.04. The van der Waals surface area contributed by atoms with E-state index in [1.54, 1.807) is 30.3 Å². The van der Waals surface area contributed by atoms with Crippen LogP contribution >= 0.6 is 0 Å². The summed E-state index contributed by atoms with van der Waals surface area (Å²) in [5.41, 5.74) is 0.829. The number of nitriles is 1. The van der Waals surface area contributed by atoms with Crippen LogP contribution in [-0.2, 0) is 10.0 Å². The normalized spacial score (nSPS) is 12.6. The number of nitrogens with zero attached hydrogens (tertiary/aromatic N) is 1. The summed E-state index contributed by atoms with van der Waals surface area (Å²) in [6.45, 7) is 1.50. The van der Waals surface area contributed by atoms with Gasteiger partial charge >= 0.3 is 0 Å². The van der Waals surface area contributed by atoms with Crippen LogP contribution in [0.15, 0.2) is 53.4 Å². The summed E-state index contributed by atoms with van der Waals surface area (Å²) in [6, 6.07) is 12.8. The van der Waals surface area contributed by atoms with Gasteiger partial charge in [0.15, 0.2) is 0 Å². The monoisotopic (exact) mass is 304 g/mol. The minimum atomic E-state index is -3.91. The number of hydrogen-bond donors (Lipinski definition) is 1. The van der Waals surface area contributed by atoms with Gasteiger partial charge in [-0.1, -0.05) is 30.3 Å². The fourth-order valence-electron chi connectivity index (χ4n) is 1.95. The van der Waals surface area contributed by atoms with Crippen molar-refractivity contribution in [3.8, 4) is 6.07 Å². The summed E-state index contributed by atoms with van der Waals surface area (Å²) in [7, 11) is -3.91. The highest BCUT2D eigenvalue weighted by Crippen LogP contribution is 2.20. The summed E-state index contributed by atoms with van der Waals surface area (Å²) >= 11 is 0. The third-order valence-electron chi connectivity index (χ3n) is 2.96. The van der Waals surface area contributed by atoms with Crippen LogP contribution in [0.2, 0.25) is 0 Å². The standard InChI is InChI=1S/C15H13FN2O2S/c1-11-9-13(16)7-8-15(11)21(19,20)18-14(10-17)12-5-3-2-4-6-12/h2-9,14,18H,1H3. The lowest BCUT2D eigenvalue weighted by Crippen LogP contribution is -2.28. The Morgan fingerprint density at radius 2 is 1.86 bits per heavy atom. The molecule has 4 nitrogen and oxygen atoms in total. The summed E-state index contributed by atoms with van der Waals surface area (Å²) in [6.07, 6.45) is 0. The van der Waals surface area contributed by atoms with Gasteiger partial charge in [0.1, 0.15) is 11.9 Å². The molecule has 2 rings (SSSR count). The van der Waals surface area contributed by atoms with E-state index in [2.05, 4.69) is 4.72 Å². The quantitative estimate of drug-likeness (QED) is 0.944.